The van der Waals surface area contributed by atoms with Crippen molar-refractivity contribution in [1.29, 1.82) is 0 Å². The summed E-state index contributed by atoms with van der Waals surface area (Å²) in [6.07, 6.45) is -0.390. The van der Waals surface area contributed by atoms with Gasteiger partial charge in [0.25, 0.3) is 0 Å². The van der Waals surface area contributed by atoms with Crippen LogP contribution in [0.4, 0.5) is 13.2 Å². The van der Waals surface area contributed by atoms with Gasteiger partial charge in [-0.25, -0.2) is 0 Å². The van der Waals surface area contributed by atoms with Gasteiger partial charge in [0.2, 0.25) is 0 Å². The lowest BCUT2D eigenvalue weighted by Gasteiger charge is -2.38. The summed E-state index contributed by atoms with van der Waals surface area (Å²) in [5.74, 6) is 0.626. The van der Waals surface area contributed by atoms with Crippen molar-refractivity contribution in [2.45, 2.75) is 57.2 Å². The van der Waals surface area contributed by atoms with Crippen LogP contribution in [0.25, 0.3) is 0 Å². The monoisotopic (exact) mass is 364 g/mol. The van der Waals surface area contributed by atoms with Crippen LogP contribution in [0.5, 0.6) is 0 Å². The molecule has 1 fully saturated rings. The summed E-state index contributed by atoms with van der Waals surface area (Å²) in [4.78, 5) is 0. The second-order valence-corrected chi connectivity index (χ2v) is 5.85. The van der Waals surface area contributed by atoms with Gasteiger partial charge < -0.3 is 4.74 Å². The molecule has 17 heavy (non-hydrogen) atoms. The van der Waals surface area contributed by atoms with E-state index < -0.39 is 12.6 Å². The van der Waals surface area contributed by atoms with Crippen molar-refractivity contribution in [2.24, 2.45) is 5.92 Å². The Labute approximate surface area is 115 Å². The minimum Gasteiger partial charge on any atom is -0.374 e. The molecule has 0 amide bonds. The van der Waals surface area contributed by atoms with E-state index in [1.807, 2.05) is 0 Å². The predicted molar refractivity (Wildman–Crippen MR) is 70.5 cm³/mol. The Hall–Kier alpha value is 0.480. The first-order valence-corrected chi connectivity index (χ1v) is 7.66. The Bertz CT molecular complexity index is 232. The summed E-state index contributed by atoms with van der Waals surface area (Å²) in [5, 5.41) is 0. The van der Waals surface area contributed by atoms with E-state index in [1.165, 1.54) is 6.42 Å². The lowest BCUT2D eigenvalue weighted by molar-refractivity contribution is -0.142. The lowest BCUT2D eigenvalue weighted by Crippen LogP contribution is -2.39. The molecule has 0 saturated heterocycles. The van der Waals surface area contributed by atoms with Crippen LogP contribution < -0.4 is 0 Å². The Morgan fingerprint density at radius 3 is 2.65 bits per heavy atom. The van der Waals surface area contributed by atoms with E-state index in [2.05, 4.69) is 29.5 Å². The number of hydrogen-bond acceptors (Lipinski definition) is 1. The fourth-order valence-electron chi connectivity index (χ4n) is 2.46. The van der Waals surface area contributed by atoms with Gasteiger partial charge in [0.1, 0.15) is 0 Å². The Kier molecular flexibility index (Phi) is 6.02. The highest BCUT2D eigenvalue weighted by Crippen LogP contribution is 2.37. The van der Waals surface area contributed by atoms with Crippen molar-refractivity contribution >= 4 is 22.6 Å². The molecule has 0 N–H and O–H groups in total. The number of alkyl halides is 4. The minimum atomic E-state index is -4.05. The van der Waals surface area contributed by atoms with E-state index >= 15 is 0 Å². The summed E-state index contributed by atoms with van der Waals surface area (Å²) in [6, 6.07) is 0. The summed E-state index contributed by atoms with van der Waals surface area (Å²) < 4.78 is 42.7. The first-order valence-electron chi connectivity index (χ1n) is 6.14. The molecule has 0 aliphatic heterocycles. The molecular formula is C12H20F3IO. The average Bonchev–Trinajstić information content (AvgIpc) is 2.23. The van der Waals surface area contributed by atoms with Gasteiger partial charge in [-0.2, -0.15) is 13.2 Å². The van der Waals surface area contributed by atoms with Gasteiger partial charge in [-0.1, -0.05) is 42.4 Å². The van der Waals surface area contributed by atoms with Crippen LogP contribution in [-0.2, 0) is 4.74 Å². The third-order valence-electron chi connectivity index (χ3n) is 3.31. The topological polar surface area (TPSA) is 9.23 Å². The summed E-state index contributed by atoms with van der Waals surface area (Å²) >= 11 is 2.29. The van der Waals surface area contributed by atoms with Crippen LogP contribution in [0.1, 0.15) is 45.4 Å². The van der Waals surface area contributed by atoms with Gasteiger partial charge in [-0.3, -0.25) is 0 Å². The second-order valence-electron chi connectivity index (χ2n) is 5.09. The van der Waals surface area contributed by atoms with Crippen LogP contribution in [0.15, 0.2) is 0 Å². The van der Waals surface area contributed by atoms with E-state index in [-0.39, 0.29) is 18.6 Å². The lowest BCUT2D eigenvalue weighted by atomic mass is 9.80. The van der Waals surface area contributed by atoms with E-state index in [1.54, 1.807) is 0 Å². The molecule has 0 bridgehead atoms. The number of halogens is 4. The van der Waals surface area contributed by atoms with Crippen LogP contribution in [0, 0.1) is 5.92 Å². The van der Waals surface area contributed by atoms with Gasteiger partial charge in [-0.15, -0.1) is 0 Å². The van der Waals surface area contributed by atoms with Crippen LogP contribution >= 0.6 is 22.6 Å². The summed E-state index contributed by atoms with van der Waals surface area (Å²) in [7, 11) is 0. The van der Waals surface area contributed by atoms with Crippen molar-refractivity contribution < 1.29 is 17.9 Å². The zero-order valence-electron chi connectivity index (χ0n) is 10.2. The third-order valence-corrected chi connectivity index (χ3v) is 4.70. The van der Waals surface area contributed by atoms with E-state index in [4.69, 9.17) is 4.74 Å². The maximum Gasteiger partial charge on any atom is 0.389 e. The van der Waals surface area contributed by atoms with Crippen molar-refractivity contribution in [3.63, 3.8) is 0 Å². The zero-order valence-corrected chi connectivity index (χ0v) is 12.3. The highest BCUT2D eigenvalue weighted by atomic mass is 127. The molecule has 2 unspecified atom stereocenters. The Balaban J connectivity index is 2.31. The number of ether oxygens (including phenoxy) is 1. The van der Waals surface area contributed by atoms with Crippen LogP contribution in [0.2, 0.25) is 0 Å². The number of hydrogen-bond donors (Lipinski definition) is 0. The van der Waals surface area contributed by atoms with Crippen LogP contribution in [-0.4, -0.2) is 22.8 Å². The standard InChI is InChI=1S/C12H20F3IO/c1-10-4-2-5-11(8-10,9-16)17-7-3-6-12(13,14)15/h10H,2-9H2,1H3. The van der Waals surface area contributed by atoms with Gasteiger partial charge in [0, 0.05) is 17.5 Å². The maximum absolute atomic E-state index is 12.0. The van der Waals surface area contributed by atoms with E-state index in [0.29, 0.717) is 5.92 Å². The molecule has 1 aliphatic rings. The normalized spacial score (nSPS) is 30.5. The quantitative estimate of drug-likeness (QED) is 0.389. The average molecular weight is 364 g/mol. The SMILES string of the molecule is CC1CCCC(CI)(OCCCC(F)(F)F)C1. The van der Waals surface area contributed by atoms with Gasteiger partial charge >= 0.3 is 6.18 Å². The largest absolute Gasteiger partial charge is 0.389 e. The maximum atomic E-state index is 12.0. The van der Waals surface area contributed by atoms with Crippen molar-refractivity contribution in [2.75, 3.05) is 11.0 Å². The fraction of sp³-hybridized carbons (Fsp3) is 1.00. The van der Waals surface area contributed by atoms with Gasteiger partial charge in [0.05, 0.1) is 5.60 Å². The van der Waals surface area contributed by atoms with Crippen LogP contribution in [0.3, 0.4) is 0 Å². The molecule has 102 valence electrons. The van der Waals surface area contributed by atoms with Crippen molar-refractivity contribution in [3.05, 3.63) is 0 Å². The smallest absolute Gasteiger partial charge is 0.374 e. The molecule has 1 rings (SSSR count). The first-order chi connectivity index (χ1) is 7.87. The highest BCUT2D eigenvalue weighted by Gasteiger charge is 2.35. The fourth-order valence-corrected chi connectivity index (χ4v) is 3.38. The molecule has 0 aromatic rings. The second kappa shape index (κ2) is 6.59. The van der Waals surface area contributed by atoms with Gasteiger partial charge in [-0.05, 0) is 25.2 Å². The molecule has 1 nitrogen and oxygen atoms in total. The number of rotatable bonds is 5. The Morgan fingerprint density at radius 2 is 2.12 bits per heavy atom. The molecule has 1 saturated carbocycles. The molecule has 0 aromatic carbocycles. The van der Waals surface area contributed by atoms with Gasteiger partial charge in [0.15, 0.2) is 0 Å². The zero-order chi connectivity index (χ0) is 12.9. The minimum absolute atomic E-state index is 0.0796. The first kappa shape index (κ1) is 15.5. The van der Waals surface area contributed by atoms with Crippen molar-refractivity contribution in [3.8, 4) is 0 Å². The summed E-state index contributed by atoms with van der Waals surface area (Å²) in [5.41, 5.74) is -0.163. The van der Waals surface area contributed by atoms with E-state index in [9.17, 15) is 13.2 Å². The Morgan fingerprint density at radius 1 is 1.41 bits per heavy atom. The molecule has 0 aromatic heterocycles. The molecule has 2 atom stereocenters. The predicted octanol–water partition coefficient (Wildman–Crippen LogP) is 4.73. The molecule has 0 radical (unpaired) electrons. The van der Waals surface area contributed by atoms with E-state index in [0.717, 1.165) is 23.7 Å². The van der Waals surface area contributed by atoms with Crippen molar-refractivity contribution in [1.82, 2.24) is 0 Å². The summed E-state index contributed by atoms with van der Waals surface area (Å²) in [6.45, 7) is 2.43. The molecule has 1 aliphatic carbocycles. The molecule has 5 heteroatoms. The highest BCUT2D eigenvalue weighted by molar-refractivity contribution is 14.1. The third kappa shape index (κ3) is 5.77. The molecule has 0 spiro atoms. The molecule has 0 heterocycles. The molecular weight excluding hydrogens is 344 g/mol.